The maximum Gasteiger partial charge on any atom is 0.337 e. The Morgan fingerprint density at radius 3 is 2.36 bits per heavy atom. The first-order chi connectivity index (χ1) is 21.6. The molecule has 0 unspecified atom stereocenters. The van der Waals surface area contributed by atoms with E-state index >= 15 is 8.78 Å². The molecule has 0 aliphatic rings. The van der Waals surface area contributed by atoms with Crippen LogP contribution in [0.4, 0.5) is 22.0 Å². The van der Waals surface area contributed by atoms with Crippen molar-refractivity contribution in [1.29, 1.82) is 5.26 Å². The molecular formula is C32H23F5N4O4. The SMILES string of the molecule is COCCn1c(Cc2cc(F)c(-c3nc(OCc4ccc(C#N)cc4F)c(F)cc3F)cc2F)nc2ccc(C(=O)OC)cc21. The molecule has 0 bridgehead atoms. The number of aromatic nitrogens is 3. The second-order valence-corrected chi connectivity index (χ2v) is 9.78. The summed E-state index contributed by atoms with van der Waals surface area (Å²) < 4.78 is 91.2. The first-order valence-electron chi connectivity index (χ1n) is 13.4. The van der Waals surface area contributed by atoms with Gasteiger partial charge in [-0.25, -0.2) is 36.7 Å². The molecule has 0 spiro atoms. The third-order valence-electron chi connectivity index (χ3n) is 6.95. The third-order valence-corrected chi connectivity index (χ3v) is 6.95. The van der Waals surface area contributed by atoms with Gasteiger partial charge in [0.05, 0.1) is 41.9 Å². The highest BCUT2D eigenvalue weighted by atomic mass is 19.1. The van der Waals surface area contributed by atoms with Crippen LogP contribution >= 0.6 is 0 Å². The van der Waals surface area contributed by atoms with Gasteiger partial charge in [0.2, 0.25) is 0 Å². The van der Waals surface area contributed by atoms with E-state index in [1.165, 1.54) is 32.4 Å². The smallest absolute Gasteiger partial charge is 0.337 e. The van der Waals surface area contributed by atoms with Gasteiger partial charge in [0, 0.05) is 37.3 Å². The predicted molar refractivity (Wildman–Crippen MR) is 151 cm³/mol. The Morgan fingerprint density at radius 2 is 1.64 bits per heavy atom. The number of ether oxygens (including phenoxy) is 3. The number of esters is 1. The van der Waals surface area contributed by atoms with Gasteiger partial charge in [-0.15, -0.1) is 0 Å². The van der Waals surface area contributed by atoms with Crippen molar-refractivity contribution in [2.24, 2.45) is 0 Å². The van der Waals surface area contributed by atoms with Crippen molar-refractivity contribution < 1.29 is 41.0 Å². The summed E-state index contributed by atoms with van der Waals surface area (Å²) in [7, 11) is 2.75. The molecule has 2 heterocycles. The molecule has 45 heavy (non-hydrogen) atoms. The fourth-order valence-corrected chi connectivity index (χ4v) is 4.68. The summed E-state index contributed by atoms with van der Waals surface area (Å²) in [6.45, 7) is 0.0109. The number of fused-ring (bicyclic) bond motifs is 1. The molecule has 5 rings (SSSR count). The first-order valence-corrected chi connectivity index (χ1v) is 13.4. The quantitative estimate of drug-likeness (QED) is 0.134. The molecule has 5 aromatic rings. The molecule has 0 amide bonds. The van der Waals surface area contributed by atoms with Crippen molar-refractivity contribution in [3.05, 3.63) is 112 Å². The summed E-state index contributed by atoms with van der Waals surface area (Å²) in [4.78, 5) is 20.3. The van der Waals surface area contributed by atoms with E-state index in [0.717, 1.165) is 18.2 Å². The second-order valence-electron chi connectivity index (χ2n) is 9.78. The van der Waals surface area contributed by atoms with Crippen LogP contribution in [0.5, 0.6) is 5.88 Å². The molecule has 8 nitrogen and oxygen atoms in total. The lowest BCUT2D eigenvalue weighted by atomic mass is 10.0. The highest BCUT2D eigenvalue weighted by Gasteiger charge is 2.22. The topological polar surface area (TPSA) is 99.3 Å². The minimum atomic E-state index is -1.28. The number of hydrogen-bond donors (Lipinski definition) is 0. The van der Waals surface area contributed by atoms with Gasteiger partial charge in [-0.3, -0.25) is 0 Å². The van der Waals surface area contributed by atoms with Crippen molar-refractivity contribution in [1.82, 2.24) is 14.5 Å². The van der Waals surface area contributed by atoms with Crippen LogP contribution in [-0.2, 0) is 29.0 Å². The maximum atomic E-state index is 15.4. The molecule has 0 saturated carbocycles. The molecule has 0 aliphatic carbocycles. The molecule has 0 saturated heterocycles. The standard InChI is InChI=1S/C32H23F5N4O4/c1-43-8-7-41-28-11-18(32(42)44-2)5-6-27(28)39-29(41)12-20-10-24(35)21(13-23(20)34)30-25(36)14-26(37)31(40-30)45-16-19-4-3-17(15-38)9-22(19)33/h3-6,9-11,13-14H,7-8,12,16H2,1-2H3. The molecule has 0 N–H and O–H groups in total. The first kappa shape index (κ1) is 31.1. The molecule has 3 aromatic carbocycles. The van der Waals surface area contributed by atoms with E-state index in [1.54, 1.807) is 22.8 Å². The van der Waals surface area contributed by atoms with Gasteiger partial charge >= 0.3 is 5.97 Å². The lowest BCUT2D eigenvalue weighted by Crippen LogP contribution is -2.10. The van der Waals surface area contributed by atoms with E-state index in [9.17, 15) is 18.0 Å². The van der Waals surface area contributed by atoms with Gasteiger partial charge in [0.15, 0.2) is 11.6 Å². The number of hydrogen-bond acceptors (Lipinski definition) is 7. The van der Waals surface area contributed by atoms with Gasteiger partial charge in [-0.1, -0.05) is 6.07 Å². The number of carbonyl (C=O) groups is 1. The highest BCUT2D eigenvalue weighted by molar-refractivity contribution is 5.93. The Labute approximate surface area is 253 Å². The van der Waals surface area contributed by atoms with Crippen LogP contribution in [-0.4, -0.2) is 41.3 Å². The Morgan fingerprint density at radius 1 is 0.867 bits per heavy atom. The molecule has 0 radical (unpaired) electrons. The van der Waals surface area contributed by atoms with Crippen LogP contribution in [0.25, 0.3) is 22.3 Å². The number of pyridine rings is 1. The molecule has 13 heteroatoms. The minimum Gasteiger partial charge on any atom is -0.471 e. The Balaban J connectivity index is 1.46. The molecule has 230 valence electrons. The second kappa shape index (κ2) is 13.1. The largest absolute Gasteiger partial charge is 0.471 e. The van der Waals surface area contributed by atoms with E-state index < -0.39 is 58.8 Å². The van der Waals surface area contributed by atoms with Gasteiger partial charge in [-0.05, 0) is 48.0 Å². The number of imidazole rings is 1. The molecular weight excluding hydrogens is 599 g/mol. The van der Waals surface area contributed by atoms with Crippen LogP contribution in [0.3, 0.4) is 0 Å². The summed E-state index contributed by atoms with van der Waals surface area (Å²) in [6, 6.07) is 12.0. The van der Waals surface area contributed by atoms with E-state index in [2.05, 4.69) is 9.97 Å². The Bertz CT molecular complexity index is 1970. The van der Waals surface area contributed by atoms with Crippen LogP contribution in [0, 0.1) is 40.4 Å². The van der Waals surface area contributed by atoms with Crippen molar-refractivity contribution >= 4 is 17.0 Å². The van der Waals surface area contributed by atoms with Crippen molar-refractivity contribution in [3.63, 3.8) is 0 Å². The number of methoxy groups -OCH3 is 2. The van der Waals surface area contributed by atoms with E-state index in [0.29, 0.717) is 22.9 Å². The number of halogens is 5. The average Bonchev–Trinajstić information content (AvgIpc) is 3.37. The summed E-state index contributed by atoms with van der Waals surface area (Å²) in [6.07, 6.45) is -0.182. The molecule has 0 atom stereocenters. The molecule has 0 aliphatic heterocycles. The number of rotatable bonds is 10. The number of benzene rings is 3. The fraction of sp³-hybridized carbons (Fsp3) is 0.188. The lowest BCUT2D eigenvalue weighted by molar-refractivity contribution is 0.0601. The van der Waals surface area contributed by atoms with E-state index in [-0.39, 0.29) is 41.8 Å². The normalized spacial score (nSPS) is 11.1. The summed E-state index contributed by atoms with van der Waals surface area (Å²) >= 11 is 0. The third kappa shape index (κ3) is 6.46. The van der Waals surface area contributed by atoms with E-state index in [1.807, 2.05) is 0 Å². The lowest BCUT2D eigenvalue weighted by Gasteiger charge is -2.13. The Kier molecular flexibility index (Phi) is 9.06. The predicted octanol–water partition coefficient (Wildman–Crippen LogP) is 6.27. The summed E-state index contributed by atoms with van der Waals surface area (Å²) in [5.74, 6) is -6.27. The minimum absolute atomic E-state index is 0.0410. The van der Waals surface area contributed by atoms with Crippen molar-refractivity contribution in [2.75, 3.05) is 20.8 Å². The van der Waals surface area contributed by atoms with Gasteiger partial charge in [-0.2, -0.15) is 5.26 Å². The van der Waals surface area contributed by atoms with Crippen LogP contribution in [0.1, 0.15) is 32.9 Å². The van der Waals surface area contributed by atoms with Crippen molar-refractivity contribution in [2.45, 2.75) is 19.6 Å². The van der Waals surface area contributed by atoms with Crippen LogP contribution in [0.15, 0.2) is 54.6 Å². The Hall–Kier alpha value is -5.35. The summed E-state index contributed by atoms with van der Waals surface area (Å²) in [5.41, 5.74) is -0.0995. The maximum absolute atomic E-state index is 15.4. The zero-order valence-corrected chi connectivity index (χ0v) is 23.8. The number of nitriles is 1. The van der Waals surface area contributed by atoms with E-state index in [4.69, 9.17) is 19.5 Å². The zero-order valence-electron chi connectivity index (χ0n) is 23.8. The summed E-state index contributed by atoms with van der Waals surface area (Å²) in [5, 5.41) is 8.88. The van der Waals surface area contributed by atoms with Crippen LogP contribution < -0.4 is 4.74 Å². The monoisotopic (exact) mass is 622 g/mol. The van der Waals surface area contributed by atoms with Crippen molar-refractivity contribution in [3.8, 4) is 23.2 Å². The van der Waals surface area contributed by atoms with Gasteiger partial charge in [0.1, 0.15) is 35.6 Å². The van der Waals surface area contributed by atoms with Gasteiger partial charge < -0.3 is 18.8 Å². The molecule has 0 fully saturated rings. The number of nitrogens with zero attached hydrogens (tertiary/aromatic N) is 4. The average molecular weight is 623 g/mol. The number of carbonyl (C=O) groups excluding carboxylic acids is 1. The fourth-order valence-electron chi connectivity index (χ4n) is 4.68. The van der Waals surface area contributed by atoms with Crippen LogP contribution in [0.2, 0.25) is 0 Å². The van der Waals surface area contributed by atoms with Gasteiger partial charge in [0.25, 0.3) is 5.88 Å². The zero-order chi connectivity index (χ0) is 32.2. The highest BCUT2D eigenvalue weighted by Crippen LogP contribution is 2.31. The molecule has 2 aromatic heterocycles.